The van der Waals surface area contributed by atoms with Gasteiger partial charge in [-0.05, 0) is 50.4 Å². The number of anilines is 1. The molecule has 2 bridgehead atoms. The van der Waals surface area contributed by atoms with Crippen molar-refractivity contribution in [2.45, 2.75) is 63.9 Å². The van der Waals surface area contributed by atoms with Crippen molar-refractivity contribution in [1.82, 2.24) is 15.1 Å². The van der Waals surface area contributed by atoms with E-state index in [1.54, 1.807) is 0 Å². The molecule has 4 rings (SSSR count). The first-order chi connectivity index (χ1) is 12.1. The summed E-state index contributed by atoms with van der Waals surface area (Å²) in [5.41, 5.74) is -0.0830. The Labute approximate surface area is 153 Å². The number of amides is 2. The molecule has 1 N–H and O–H groups in total. The van der Waals surface area contributed by atoms with Crippen molar-refractivity contribution in [3.05, 3.63) is 5.01 Å². The fraction of sp³-hybridized carbons (Fsp3) is 0.833. The zero-order valence-electron chi connectivity index (χ0n) is 15.2. The molecule has 2 aliphatic carbocycles. The number of carbonyl (C=O) groups is 1. The molecule has 0 unspecified atom stereocenters. The van der Waals surface area contributed by atoms with Gasteiger partial charge in [-0.25, -0.2) is 4.79 Å². The molecule has 2 amide bonds. The maximum Gasteiger partial charge on any atom is 0.323 e. The zero-order valence-corrected chi connectivity index (χ0v) is 16.0. The number of hydrogen-bond donors (Lipinski definition) is 1. The maximum atomic E-state index is 12.7. The molecular weight excluding hydrogens is 336 g/mol. The van der Waals surface area contributed by atoms with E-state index >= 15 is 0 Å². The van der Waals surface area contributed by atoms with Gasteiger partial charge in [0.05, 0.1) is 18.8 Å². The largest absolute Gasteiger partial charge is 0.371 e. The fourth-order valence-corrected chi connectivity index (χ4v) is 6.00. The molecule has 25 heavy (non-hydrogen) atoms. The van der Waals surface area contributed by atoms with Crippen LogP contribution in [0.1, 0.15) is 63.3 Å². The molecule has 3 fully saturated rings. The first-order valence-electron chi connectivity index (χ1n) is 9.66. The lowest BCUT2D eigenvalue weighted by Crippen LogP contribution is -2.57. The number of rotatable bonds is 4. The smallest absolute Gasteiger partial charge is 0.323 e. The first kappa shape index (κ1) is 17.2. The molecule has 6 nitrogen and oxygen atoms in total. The first-order valence-corrected chi connectivity index (χ1v) is 10.5. The van der Waals surface area contributed by atoms with Crippen molar-refractivity contribution in [2.75, 3.05) is 25.0 Å². The van der Waals surface area contributed by atoms with Crippen molar-refractivity contribution in [3.63, 3.8) is 0 Å². The summed E-state index contributed by atoms with van der Waals surface area (Å²) in [5.74, 6) is 1.87. The summed E-state index contributed by atoms with van der Waals surface area (Å²) in [6, 6.07) is -0.0577. The molecule has 1 saturated heterocycles. The number of carbonyl (C=O) groups excluding carboxylic acids is 1. The summed E-state index contributed by atoms with van der Waals surface area (Å²) in [6.07, 6.45) is 7.10. The van der Waals surface area contributed by atoms with Gasteiger partial charge in [0.15, 0.2) is 0 Å². The van der Waals surface area contributed by atoms with Gasteiger partial charge in [0.25, 0.3) is 0 Å². The highest BCUT2D eigenvalue weighted by atomic mass is 32.1. The Bertz CT molecular complexity index is 632. The van der Waals surface area contributed by atoms with Crippen LogP contribution in [0.25, 0.3) is 0 Å². The minimum absolute atomic E-state index is 0.0577. The normalized spacial score (nSPS) is 31.2. The van der Waals surface area contributed by atoms with Crippen LogP contribution in [0, 0.1) is 11.8 Å². The molecule has 1 spiro atoms. The van der Waals surface area contributed by atoms with Gasteiger partial charge in [-0.2, -0.15) is 0 Å². The number of aromatic nitrogens is 2. The van der Waals surface area contributed by atoms with Crippen LogP contribution in [-0.4, -0.2) is 46.4 Å². The lowest BCUT2D eigenvalue weighted by molar-refractivity contribution is -0.126. The van der Waals surface area contributed by atoms with Crippen molar-refractivity contribution in [1.29, 1.82) is 0 Å². The second kappa shape index (κ2) is 6.83. The number of hydrogen-bond acceptors (Lipinski definition) is 5. The number of urea groups is 1. The Morgan fingerprint density at radius 2 is 2.24 bits per heavy atom. The Morgan fingerprint density at radius 3 is 2.92 bits per heavy atom. The molecule has 1 aliphatic heterocycles. The summed E-state index contributed by atoms with van der Waals surface area (Å²) >= 11 is 1.51. The molecular formula is C18H28N4O2S. The van der Waals surface area contributed by atoms with E-state index in [2.05, 4.69) is 29.4 Å². The Hall–Kier alpha value is -1.21. The fourth-order valence-electron chi connectivity index (χ4n) is 5.00. The topological polar surface area (TPSA) is 67.4 Å². The van der Waals surface area contributed by atoms with Crippen LogP contribution in [-0.2, 0) is 4.74 Å². The van der Waals surface area contributed by atoms with Crippen LogP contribution in [0.4, 0.5) is 9.93 Å². The van der Waals surface area contributed by atoms with Crippen LogP contribution in [0.5, 0.6) is 0 Å². The molecule has 2 saturated carbocycles. The van der Waals surface area contributed by atoms with Gasteiger partial charge in [0, 0.05) is 12.5 Å². The lowest BCUT2D eigenvalue weighted by atomic mass is 9.83. The number of nitrogens with one attached hydrogen (secondary N) is 1. The van der Waals surface area contributed by atoms with Gasteiger partial charge in [-0.1, -0.05) is 25.2 Å². The van der Waals surface area contributed by atoms with E-state index in [9.17, 15) is 4.79 Å². The van der Waals surface area contributed by atoms with Crippen molar-refractivity contribution >= 4 is 22.5 Å². The van der Waals surface area contributed by atoms with E-state index in [1.165, 1.54) is 30.6 Å². The van der Waals surface area contributed by atoms with Crippen LogP contribution in [0.2, 0.25) is 0 Å². The van der Waals surface area contributed by atoms with E-state index in [-0.39, 0.29) is 11.6 Å². The van der Waals surface area contributed by atoms with Crippen LogP contribution in [0.3, 0.4) is 0 Å². The van der Waals surface area contributed by atoms with E-state index in [0.717, 1.165) is 36.7 Å². The van der Waals surface area contributed by atoms with Crippen molar-refractivity contribution in [2.24, 2.45) is 11.8 Å². The third kappa shape index (κ3) is 3.16. The number of nitrogens with zero attached hydrogens (tertiary/aromatic N) is 3. The second-order valence-electron chi connectivity index (χ2n) is 7.80. The summed E-state index contributed by atoms with van der Waals surface area (Å²) in [5, 5.41) is 13.0. The molecule has 138 valence electrons. The van der Waals surface area contributed by atoms with Gasteiger partial charge in [-0.3, -0.25) is 5.32 Å². The number of morpholine rings is 1. The van der Waals surface area contributed by atoms with Gasteiger partial charge in [0.1, 0.15) is 5.01 Å². The van der Waals surface area contributed by atoms with Gasteiger partial charge >= 0.3 is 6.03 Å². The maximum absolute atomic E-state index is 12.7. The molecule has 0 radical (unpaired) electrons. The van der Waals surface area contributed by atoms with Gasteiger partial charge < -0.3 is 9.64 Å². The minimum Gasteiger partial charge on any atom is -0.371 e. The Morgan fingerprint density at radius 1 is 1.40 bits per heavy atom. The highest BCUT2D eigenvalue weighted by Crippen LogP contribution is 2.53. The Kier molecular flexibility index (Phi) is 4.71. The van der Waals surface area contributed by atoms with Crippen molar-refractivity contribution in [3.8, 4) is 0 Å². The summed E-state index contributed by atoms with van der Waals surface area (Å²) < 4.78 is 6.21. The zero-order chi connectivity index (χ0) is 17.4. The average Bonchev–Trinajstić information content (AvgIpc) is 3.33. The highest BCUT2D eigenvalue weighted by molar-refractivity contribution is 7.15. The quantitative estimate of drug-likeness (QED) is 0.881. The number of fused-ring (bicyclic) bond motifs is 3. The third-order valence-corrected chi connectivity index (χ3v) is 7.41. The van der Waals surface area contributed by atoms with E-state index in [0.29, 0.717) is 30.1 Å². The molecule has 1 aromatic rings. The molecule has 3 aliphatic rings. The van der Waals surface area contributed by atoms with Crippen LogP contribution in [0.15, 0.2) is 0 Å². The van der Waals surface area contributed by atoms with E-state index in [4.69, 9.17) is 4.74 Å². The van der Waals surface area contributed by atoms with Gasteiger partial charge in [0.2, 0.25) is 5.13 Å². The summed E-state index contributed by atoms with van der Waals surface area (Å²) in [7, 11) is 0. The standard InChI is InChI=1S/C18H28N4O2S/c1-3-13(4-2)15-20-21-16(25-15)19-17(23)22-7-8-24-18(11-22)10-12-5-6-14(18)9-12/h12-14H,3-11H2,1-2H3,(H,19,21,23)/t12-,14-,18-/m0/s1. The monoisotopic (exact) mass is 364 g/mol. The van der Waals surface area contributed by atoms with Crippen molar-refractivity contribution < 1.29 is 9.53 Å². The van der Waals surface area contributed by atoms with E-state index in [1.807, 2.05) is 4.90 Å². The number of ether oxygens (including phenoxy) is 1. The predicted molar refractivity (Wildman–Crippen MR) is 98.0 cm³/mol. The molecule has 2 heterocycles. The molecule has 7 heteroatoms. The third-order valence-electron chi connectivity index (χ3n) is 6.41. The van der Waals surface area contributed by atoms with Gasteiger partial charge in [-0.15, -0.1) is 10.2 Å². The lowest BCUT2D eigenvalue weighted by Gasteiger charge is -2.45. The molecule has 3 atom stereocenters. The van der Waals surface area contributed by atoms with Crippen LogP contribution >= 0.6 is 11.3 Å². The highest BCUT2D eigenvalue weighted by Gasteiger charge is 2.54. The SMILES string of the molecule is CCC(CC)c1nnc(NC(=O)N2CCO[C@@]3(C[C@H]4CC[C@H]3C4)C2)s1. The predicted octanol–water partition coefficient (Wildman–Crippen LogP) is 3.86. The Balaban J connectivity index is 1.40. The summed E-state index contributed by atoms with van der Waals surface area (Å²) in [6.45, 7) is 6.35. The summed E-state index contributed by atoms with van der Waals surface area (Å²) in [4.78, 5) is 14.6. The second-order valence-corrected chi connectivity index (χ2v) is 8.81. The molecule has 1 aromatic heterocycles. The molecule has 0 aromatic carbocycles. The average molecular weight is 365 g/mol. The minimum atomic E-state index is -0.0830. The van der Waals surface area contributed by atoms with Crippen LogP contribution < -0.4 is 5.32 Å². The van der Waals surface area contributed by atoms with E-state index < -0.39 is 0 Å².